The van der Waals surface area contributed by atoms with E-state index in [2.05, 4.69) is 22.2 Å². The average Bonchev–Trinajstić information content (AvgIpc) is 3.47. The molecule has 234 valence electrons. The smallest absolute Gasteiger partial charge is 0.491 e. The van der Waals surface area contributed by atoms with Crippen LogP contribution in [0.2, 0.25) is 0 Å². The molecule has 2 aliphatic heterocycles. The summed E-state index contributed by atoms with van der Waals surface area (Å²) < 4.78 is 53.6. The lowest BCUT2D eigenvalue weighted by Crippen LogP contribution is -2.28. The molecule has 0 bridgehead atoms. The number of nitrogens with one attached hydrogen (secondary N) is 1. The predicted octanol–water partition coefficient (Wildman–Crippen LogP) is 6.23. The molecule has 0 spiro atoms. The van der Waals surface area contributed by atoms with E-state index in [1.54, 1.807) is 6.07 Å². The van der Waals surface area contributed by atoms with Crippen LogP contribution in [0.25, 0.3) is 5.57 Å². The lowest BCUT2D eigenvalue weighted by Gasteiger charge is -2.21. The van der Waals surface area contributed by atoms with E-state index in [1.165, 1.54) is 24.0 Å². The number of hydrogen-bond acceptors (Lipinski definition) is 9. The van der Waals surface area contributed by atoms with Gasteiger partial charge in [0.15, 0.2) is 0 Å². The third-order valence-electron chi connectivity index (χ3n) is 7.68. The first-order valence-corrected chi connectivity index (χ1v) is 15.5. The minimum atomic E-state index is -5.27. The number of thiazole rings is 1. The maximum atomic E-state index is 12.8. The normalized spacial score (nSPS) is 15.5. The van der Waals surface area contributed by atoms with Gasteiger partial charge in [0.1, 0.15) is 11.6 Å². The van der Waals surface area contributed by atoms with Crippen molar-refractivity contribution in [2.45, 2.75) is 63.5 Å². The summed E-state index contributed by atoms with van der Waals surface area (Å²) in [6.45, 7) is 1.99. The van der Waals surface area contributed by atoms with Gasteiger partial charge in [-0.05, 0) is 85.4 Å². The highest BCUT2D eigenvalue weighted by Gasteiger charge is 2.42. The van der Waals surface area contributed by atoms with Crippen LogP contribution in [-0.2, 0) is 44.7 Å². The number of alkyl halides is 3. The maximum absolute atomic E-state index is 12.8. The molecule has 1 aromatic carbocycles. The molecule has 1 atom stereocenters. The first-order chi connectivity index (χ1) is 21.2. The first kappa shape index (κ1) is 31.6. The van der Waals surface area contributed by atoms with Crippen molar-refractivity contribution in [2.75, 3.05) is 32.2 Å². The number of halogens is 3. The van der Waals surface area contributed by atoms with E-state index in [0.29, 0.717) is 36.6 Å². The van der Waals surface area contributed by atoms with Gasteiger partial charge < -0.3 is 19.5 Å². The number of pyridine rings is 1. The molecule has 2 aromatic heterocycles. The van der Waals surface area contributed by atoms with Gasteiger partial charge in [-0.1, -0.05) is 18.2 Å². The summed E-state index contributed by atoms with van der Waals surface area (Å²) in [5, 5.41) is 6.17. The van der Waals surface area contributed by atoms with E-state index in [0.717, 1.165) is 66.3 Å². The van der Waals surface area contributed by atoms with Crippen molar-refractivity contribution in [1.29, 1.82) is 0 Å². The maximum Gasteiger partial charge on any atom is 0.491 e. The highest BCUT2D eigenvalue weighted by Crippen LogP contribution is 2.36. The second-order valence-corrected chi connectivity index (χ2v) is 11.7. The molecule has 0 aliphatic carbocycles. The minimum absolute atomic E-state index is 0.242. The number of aromatic nitrogens is 2. The third kappa shape index (κ3) is 8.23. The number of ether oxygens (including phenoxy) is 3. The van der Waals surface area contributed by atoms with Crippen LogP contribution in [0.3, 0.4) is 0 Å². The molecule has 8 nitrogen and oxygen atoms in total. The van der Waals surface area contributed by atoms with Gasteiger partial charge in [-0.15, -0.1) is 11.3 Å². The van der Waals surface area contributed by atoms with Gasteiger partial charge >= 0.3 is 18.1 Å². The Bertz CT molecular complexity index is 1520. The molecular formula is C32H34F3N3O5S. The lowest BCUT2D eigenvalue weighted by atomic mass is 9.88. The number of aryl methyl sites for hydroxylation is 3. The van der Waals surface area contributed by atoms with Gasteiger partial charge in [-0.3, -0.25) is 4.79 Å². The van der Waals surface area contributed by atoms with Gasteiger partial charge in [0.25, 0.3) is 0 Å². The first-order valence-electron chi connectivity index (χ1n) is 14.6. The Morgan fingerprint density at radius 1 is 1.11 bits per heavy atom. The monoisotopic (exact) mass is 629 g/mol. The molecule has 12 heteroatoms. The highest BCUT2D eigenvalue weighted by atomic mass is 32.1. The number of carbonyl (C=O) groups is 2. The molecule has 3 aromatic rings. The van der Waals surface area contributed by atoms with Crippen LogP contribution in [0.1, 0.15) is 64.7 Å². The largest absolute Gasteiger partial charge is 0.496 e. The van der Waals surface area contributed by atoms with Crippen molar-refractivity contribution < 1.29 is 37.0 Å². The van der Waals surface area contributed by atoms with Crippen LogP contribution in [0.15, 0.2) is 41.8 Å². The summed E-state index contributed by atoms with van der Waals surface area (Å²) in [5.74, 6) is -3.00. The summed E-state index contributed by atoms with van der Waals surface area (Å²) >= 11 is 1.50. The molecule has 0 saturated heterocycles. The van der Waals surface area contributed by atoms with E-state index in [1.807, 2.05) is 23.6 Å². The Morgan fingerprint density at radius 2 is 1.98 bits per heavy atom. The SMILES string of the molecule is COc1ccc(C2=CCOCC2)cc1[C@H](CC(=O)OC(=O)C(F)(F)F)Cc1csc(CCCc2ccc3c(n2)NCCC3)n1. The number of nitrogens with zero attached hydrogens (tertiary/aromatic N) is 2. The van der Waals surface area contributed by atoms with Crippen molar-refractivity contribution in [3.63, 3.8) is 0 Å². The van der Waals surface area contributed by atoms with Crippen LogP contribution in [0, 0.1) is 0 Å². The van der Waals surface area contributed by atoms with Gasteiger partial charge in [-0.25, -0.2) is 14.8 Å². The molecular weight excluding hydrogens is 595 g/mol. The minimum Gasteiger partial charge on any atom is -0.496 e. The van der Waals surface area contributed by atoms with Crippen LogP contribution < -0.4 is 10.1 Å². The van der Waals surface area contributed by atoms with Crippen LogP contribution in [0.4, 0.5) is 19.0 Å². The Hall–Kier alpha value is -3.77. The van der Waals surface area contributed by atoms with E-state index < -0.39 is 30.5 Å². The fraction of sp³-hybridized carbons (Fsp3) is 0.438. The molecule has 1 N–H and O–H groups in total. The number of benzene rings is 1. The van der Waals surface area contributed by atoms with Crippen molar-refractivity contribution in [1.82, 2.24) is 9.97 Å². The van der Waals surface area contributed by atoms with Crippen molar-refractivity contribution in [3.05, 3.63) is 74.9 Å². The molecule has 2 aliphatic rings. The molecule has 0 amide bonds. The van der Waals surface area contributed by atoms with Gasteiger partial charge in [0, 0.05) is 23.5 Å². The molecule has 0 unspecified atom stereocenters. The molecule has 44 heavy (non-hydrogen) atoms. The Balaban J connectivity index is 1.31. The topological polar surface area (TPSA) is 99.6 Å². The number of methoxy groups -OCH3 is 1. The molecule has 0 saturated carbocycles. The Morgan fingerprint density at radius 3 is 2.75 bits per heavy atom. The van der Waals surface area contributed by atoms with Crippen LogP contribution in [-0.4, -0.2) is 55.0 Å². The van der Waals surface area contributed by atoms with E-state index in [4.69, 9.17) is 19.4 Å². The number of carbonyl (C=O) groups excluding carboxylic acids is 2. The van der Waals surface area contributed by atoms with Crippen LogP contribution in [0.5, 0.6) is 5.75 Å². The summed E-state index contributed by atoms with van der Waals surface area (Å²) in [6.07, 6.45) is 1.72. The molecule has 0 radical (unpaired) electrons. The van der Waals surface area contributed by atoms with Gasteiger partial charge in [0.05, 0.1) is 37.4 Å². The van der Waals surface area contributed by atoms with Crippen molar-refractivity contribution in [3.8, 4) is 5.75 Å². The number of hydrogen-bond donors (Lipinski definition) is 1. The second kappa shape index (κ2) is 14.3. The zero-order chi connectivity index (χ0) is 31.1. The Labute approximate surface area is 257 Å². The number of fused-ring (bicyclic) bond motifs is 1. The summed E-state index contributed by atoms with van der Waals surface area (Å²) in [5.41, 5.74) is 5.55. The van der Waals surface area contributed by atoms with E-state index in [9.17, 15) is 22.8 Å². The zero-order valence-electron chi connectivity index (χ0n) is 24.4. The molecule has 5 rings (SSSR count). The Kier molecular flexibility index (Phi) is 10.3. The quantitative estimate of drug-likeness (QED) is 0.197. The number of rotatable bonds is 11. The second-order valence-electron chi connectivity index (χ2n) is 10.8. The van der Waals surface area contributed by atoms with Crippen molar-refractivity contribution >= 4 is 34.7 Å². The van der Waals surface area contributed by atoms with E-state index >= 15 is 0 Å². The number of esters is 2. The fourth-order valence-electron chi connectivity index (χ4n) is 5.48. The lowest BCUT2D eigenvalue weighted by molar-refractivity contribution is -0.202. The third-order valence-corrected chi connectivity index (χ3v) is 8.64. The van der Waals surface area contributed by atoms with Crippen LogP contribution >= 0.6 is 11.3 Å². The zero-order valence-corrected chi connectivity index (χ0v) is 25.2. The van der Waals surface area contributed by atoms with E-state index in [-0.39, 0.29) is 6.42 Å². The standard InChI is InChI=1S/C32H34F3N3O5S/c1-41-27-10-8-22(20-11-14-42-15-12-20)17-26(27)23(18-29(39)43-31(40)32(33,34)35)16-25-19-44-28(37-25)6-2-5-24-9-7-21-4-3-13-36-30(21)38-24/h7-11,17,19,23H,2-6,12-16,18H2,1H3,(H,36,38)/t23-/m0/s1. The average molecular weight is 630 g/mol. The summed E-state index contributed by atoms with van der Waals surface area (Å²) in [7, 11) is 1.49. The predicted molar refractivity (Wildman–Crippen MR) is 160 cm³/mol. The van der Waals surface area contributed by atoms with Gasteiger partial charge in [0.2, 0.25) is 0 Å². The number of anilines is 1. The fourth-order valence-corrected chi connectivity index (χ4v) is 6.33. The van der Waals surface area contributed by atoms with Gasteiger partial charge in [-0.2, -0.15) is 13.2 Å². The summed E-state index contributed by atoms with van der Waals surface area (Å²) in [6, 6.07) is 9.77. The molecule has 4 heterocycles. The van der Waals surface area contributed by atoms with Crippen molar-refractivity contribution in [2.24, 2.45) is 0 Å². The summed E-state index contributed by atoms with van der Waals surface area (Å²) in [4.78, 5) is 33.5. The molecule has 0 fully saturated rings. The highest BCUT2D eigenvalue weighted by molar-refractivity contribution is 7.09.